The molecule has 0 aliphatic carbocycles. The highest BCUT2D eigenvalue weighted by atomic mass is 15.3. The fourth-order valence-electron chi connectivity index (χ4n) is 2.92. The largest absolute Gasteiger partial charge is 0.326 e. The van der Waals surface area contributed by atoms with Crippen molar-refractivity contribution in [3.63, 3.8) is 0 Å². The van der Waals surface area contributed by atoms with Crippen LogP contribution < -0.4 is 5.73 Å². The average Bonchev–Trinajstić information content (AvgIpc) is 2.34. The average molecular weight is 262 g/mol. The van der Waals surface area contributed by atoms with Gasteiger partial charge in [0.1, 0.15) is 0 Å². The fourth-order valence-corrected chi connectivity index (χ4v) is 2.92. The summed E-state index contributed by atoms with van der Waals surface area (Å²) in [5.41, 5.74) is 7.71. The van der Waals surface area contributed by atoms with Crippen molar-refractivity contribution in [1.82, 2.24) is 14.8 Å². The van der Waals surface area contributed by atoms with Crippen LogP contribution in [0.3, 0.4) is 0 Å². The lowest BCUT2D eigenvalue weighted by Crippen LogP contribution is -2.59. The van der Waals surface area contributed by atoms with E-state index in [-0.39, 0.29) is 17.6 Å². The third kappa shape index (κ3) is 3.14. The Balaban J connectivity index is 2.22. The zero-order valence-electron chi connectivity index (χ0n) is 12.5. The van der Waals surface area contributed by atoms with Gasteiger partial charge in [-0.15, -0.1) is 0 Å². The highest BCUT2D eigenvalue weighted by Gasteiger charge is 2.35. The van der Waals surface area contributed by atoms with E-state index in [1.165, 1.54) is 5.56 Å². The maximum absolute atomic E-state index is 6.25. The fraction of sp³-hybridized carbons (Fsp3) is 0.667. The molecular formula is C15H26N4. The second-order valence-electron chi connectivity index (χ2n) is 6.29. The van der Waals surface area contributed by atoms with Gasteiger partial charge in [-0.2, -0.15) is 0 Å². The minimum atomic E-state index is 0.113. The van der Waals surface area contributed by atoms with Crippen molar-refractivity contribution < 1.29 is 0 Å². The number of nitrogens with zero attached hydrogens (tertiary/aromatic N) is 3. The third-order valence-corrected chi connectivity index (χ3v) is 4.29. The van der Waals surface area contributed by atoms with Gasteiger partial charge in [-0.1, -0.05) is 0 Å². The van der Waals surface area contributed by atoms with Crippen LogP contribution in [0.4, 0.5) is 0 Å². The van der Waals surface area contributed by atoms with Gasteiger partial charge in [0.05, 0.1) is 0 Å². The van der Waals surface area contributed by atoms with Gasteiger partial charge < -0.3 is 5.73 Å². The van der Waals surface area contributed by atoms with Gasteiger partial charge in [0.15, 0.2) is 0 Å². The predicted octanol–water partition coefficient (Wildman–Crippen LogP) is 1.50. The molecule has 4 nitrogen and oxygen atoms in total. The van der Waals surface area contributed by atoms with Crippen LogP contribution in [-0.4, -0.2) is 53.0 Å². The number of aromatic nitrogens is 1. The van der Waals surface area contributed by atoms with Crippen molar-refractivity contribution in [2.45, 2.75) is 38.4 Å². The summed E-state index contributed by atoms with van der Waals surface area (Å²) in [6.45, 7) is 9.87. The lowest BCUT2D eigenvalue weighted by Gasteiger charge is -2.48. The monoisotopic (exact) mass is 262 g/mol. The first-order valence-corrected chi connectivity index (χ1v) is 7.02. The van der Waals surface area contributed by atoms with E-state index in [1.54, 1.807) is 0 Å². The summed E-state index contributed by atoms with van der Waals surface area (Å²) in [6, 6.07) is 4.55. The molecule has 1 aliphatic rings. The van der Waals surface area contributed by atoms with E-state index in [2.05, 4.69) is 54.7 Å². The molecule has 2 N–H and O–H groups in total. The molecule has 0 bridgehead atoms. The van der Waals surface area contributed by atoms with Gasteiger partial charge in [0, 0.05) is 49.7 Å². The van der Waals surface area contributed by atoms with Gasteiger partial charge in [-0.05, 0) is 45.5 Å². The van der Waals surface area contributed by atoms with Crippen molar-refractivity contribution >= 4 is 0 Å². The molecule has 1 saturated heterocycles. The molecule has 106 valence electrons. The summed E-state index contributed by atoms with van der Waals surface area (Å²) in [5, 5.41) is 0. The lowest BCUT2D eigenvalue weighted by molar-refractivity contribution is 0.0112. The summed E-state index contributed by atoms with van der Waals surface area (Å²) in [7, 11) is 2.20. The Kier molecular flexibility index (Phi) is 4.23. The van der Waals surface area contributed by atoms with E-state index in [0.717, 1.165) is 19.6 Å². The van der Waals surface area contributed by atoms with Crippen molar-refractivity contribution in [2.24, 2.45) is 5.73 Å². The summed E-state index contributed by atoms with van der Waals surface area (Å²) < 4.78 is 0. The van der Waals surface area contributed by atoms with Crippen LogP contribution in [0.15, 0.2) is 24.5 Å². The van der Waals surface area contributed by atoms with E-state index >= 15 is 0 Å². The number of rotatable bonds is 3. The van der Waals surface area contributed by atoms with Crippen LogP contribution >= 0.6 is 0 Å². The van der Waals surface area contributed by atoms with E-state index in [4.69, 9.17) is 5.73 Å². The van der Waals surface area contributed by atoms with Crippen LogP contribution in [0.25, 0.3) is 0 Å². The van der Waals surface area contributed by atoms with Crippen molar-refractivity contribution in [2.75, 3.05) is 26.7 Å². The van der Waals surface area contributed by atoms with Crippen LogP contribution in [0.2, 0.25) is 0 Å². The number of pyridine rings is 1. The lowest BCUT2D eigenvalue weighted by atomic mass is 9.94. The molecule has 0 radical (unpaired) electrons. The Bertz CT molecular complexity index is 402. The van der Waals surface area contributed by atoms with Crippen molar-refractivity contribution in [3.8, 4) is 0 Å². The van der Waals surface area contributed by atoms with E-state index in [9.17, 15) is 0 Å². The zero-order chi connectivity index (χ0) is 14.0. The van der Waals surface area contributed by atoms with Crippen molar-refractivity contribution in [1.29, 1.82) is 0 Å². The number of likely N-dealkylation sites (N-methyl/N-ethyl adjacent to an activating group) is 1. The summed E-state index contributed by atoms with van der Waals surface area (Å²) in [5.74, 6) is 0. The molecule has 2 unspecified atom stereocenters. The molecule has 0 saturated carbocycles. The van der Waals surface area contributed by atoms with Crippen molar-refractivity contribution in [3.05, 3.63) is 30.1 Å². The molecule has 2 atom stereocenters. The Morgan fingerprint density at radius 3 is 2.42 bits per heavy atom. The second kappa shape index (κ2) is 5.57. The predicted molar refractivity (Wildman–Crippen MR) is 78.9 cm³/mol. The highest BCUT2D eigenvalue weighted by molar-refractivity contribution is 5.18. The van der Waals surface area contributed by atoms with Gasteiger partial charge in [0.25, 0.3) is 0 Å². The van der Waals surface area contributed by atoms with Gasteiger partial charge in [-0.25, -0.2) is 0 Å². The van der Waals surface area contributed by atoms with Crippen LogP contribution in [0.1, 0.15) is 32.4 Å². The quantitative estimate of drug-likeness (QED) is 0.896. The molecule has 1 aromatic heterocycles. The van der Waals surface area contributed by atoms with Gasteiger partial charge >= 0.3 is 0 Å². The summed E-state index contributed by atoms with van der Waals surface area (Å²) in [4.78, 5) is 9.04. The first-order valence-electron chi connectivity index (χ1n) is 7.02. The molecule has 2 heterocycles. The smallest absolute Gasteiger partial charge is 0.0498 e. The highest BCUT2D eigenvalue weighted by Crippen LogP contribution is 2.29. The minimum absolute atomic E-state index is 0.113. The summed E-state index contributed by atoms with van der Waals surface area (Å²) >= 11 is 0. The maximum atomic E-state index is 6.25. The Morgan fingerprint density at radius 1 is 1.26 bits per heavy atom. The first kappa shape index (κ1) is 14.4. The standard InChI is InChI=1S/C15H26N4/c1-12(16)14(13-5-7-17-8-6-13)19-10-9-18(4)15(2,3)11-19/h5-8,12,14H,9-11,16H2,1-4H3. The molecule has 1 aromatic rings. The Morgan fingerprint density at radius 2 is 1.89 bits per heavy atom. The molecule has 0 aromatic carbocycles. The number of hydrogen-bond donors (Lipinski definition) is 1. The zero-order valence-corrected chi connectivity index (χ0v) is 12.5. The van der Waals surface area contributed by atoms with E-state index in [0.29, 0.717) is 0 Å². The molecule has 0 amide bonds. The molecule has 19 heavy (non-hydrogen) atoms. The molecular weight excluding hydrogens is 236 g/mol. The third-order valence-electron chi connectivity index (χ3n) is 4.29. The second-order valence-corrected chi connectivity index (χ2v) is 6.29. The molecule has 0 spiro atoms. The maximum Gasteiger partial charge on any atom is 0.0498 e. The Labute approximate surface area is 116 Å². The van der Waals surface area contributed by atoms with Gasteiger partial charge in [-0.3, -0.25) is 14.8 Å². The van der Waals surface area contributed by atoms with Gasteiger partial charge in [0.2, 0.25) is 0 Å². The normalized spacial score (nSPS) is 24.1. The molecule has 1 aliphatic heterocycles. The molecule has 1 fully saturated rings. The van der Waals surface area contributed by atoms with Crippen LogP contribution in [0, 0.1) is 0 Å². The topological polar surface area (TPSA) is 45.4 Å². The number of nitrogens with two attached hydrogens (primary N) is 1. The minimum Gasteiger partial charge on any atom is -0.326 e. The van der Waals surface area contributed by atoms with E-state index < -0.39 is 0 Å². The van der Waals surface area contributed by atoms with Crippen LogP contribution in [-0.2, 0) is 0 Å². The Hall–Kier alpha value is -0.970. The number of piperazine rings is 1. The first-order chi connectivity index (χ1) is 8.92. The van der Waals surface area contributed by atoms with Crippen LogP contribution in [0.5, 0.6) is 0 Å². The SMILES string of the molecule is CC(N)C(c1ccncc1)N1CCN(C)C(C)(C)C1. The number of hydrogen-bond acceptors (Lipinski definition) is 4. The molecule has 4 heteroatoms. The molecule has 2 rings (SSSR count). The van der Waals surface area contributed by atoms with E-state index in [1.807, 2.05) is 12.4 Å². The summed E-state index contributed by atoms with van der Waals surface area (Å²) in [6.07, 6.45) is 3.71.